The minimum absolute atomic E-state index is 0.0234. The van der Waals surface area contributed by atoms with Gasteiger partial charge in [-0.05, 0) is 29.5 Å². The van der Waals surface area contributed by atoms with Crippen LogP contribution >= 0.6 is 11.3 Å². The van der Waals surface area contributed by atoms with Crippen LogP contribution in [0.5, 0.6) is 0 Å². The third-order valence-electron chi connectivity index (χ3n) is 3.51. The van der Waals surface area contributed by atoms with Crippen LogP contribution < -0.4 is 5.32 Å². The van der Waals surface area contributed by atoms with Crippen molar-refractivity contribution in [1.29, 1.82) is 0 Å². The number of aryl methyl sites for hydroxylation is 1. The van der Waals surface area contributed by atoms with E-state index in [0.29, 0.717) is 13.0 Å². The summed E-state index contributed by atoms with van der Waals surface area (Å²) in [5, 5.41) is 4.86. The molecule has 1 N–H and O–H groups in total. The summed E-state index contributed by atoms with van der Waals surface area (Å²) in [6.45, 7) is 0.607. The molecular weight excluding hydrogens is 284 g/mol. The molecule has 0 unspecified atom stereocenters. The van der Waals surface area contributed by atoms with Crippen molar-refractivity contribution in [3.8, 4) is 0 Å². The number of rotatable bonds is 3. The molecule has 0 atom stereocenters. The van der Waals surface area contributed by atoms with Crippen LogP contribution in [0.4, 0.5) is 5.69 Å². The van der Waals surface area contributed by atoms with Gasteiger partial charge in [0.25, 0.3) is 0 Å². The van der Waals surface area contributed by atoms with Crippen LogP contribution in [0.3, 0.4) is 0 Å². The van der Waals surface area contributed by atoms with Gasteiger partial charge >= 0.3 is 0 Å². The van der Waals surface area contributed by atoms with E-state index >= 15 is 0 Å². The van der Waals surface area contributed by atoms with Gasteiger partial charge in [0.2, 0.25) is 11.8 Å². The van der Waals surface area contributed by atoms with Gasteiger partial charge in [0.1, 0.15) is 6.54 Å². The van der Waals surface area contributed by atoms with E-state index in [1.807, 2.05) is 41.8 Å². The summed E-state index contributed by atoms with van der Waals surface area (Å²) in [6, 6.07) is 11.6. The van der Waals surface area contributed by atoms with Gasteiger partial charge in [-0.2, -0.15) is 0 Å². The number of benzene rings is 1. The average molecular weight is 300 g/mol. The van der Waals surface area contributed by atoms with E-state index in [4.69, 9.17) is 0 Å². The Hall–Kier alpha value is -2.14. The molecular formula is C16H16N2O2S. The number of nitrogens with one attached hydrogen (secondary N) is 1. The second kappa shape index (κ2) is 6.10. The van der Waals surface area contributed by atoms with Gasteiger partial charge in [-0.25, -0.2) is 0 Å². The van der Waals surface area contributed by atoms with E-state index < -0.39 is 0 Å². The number of thiophene rings is 1. The van der Waals surface area contributed by atoms with Crippen LogP contribution in [0.15, 0.2) is 41.8 Å². The summed E-state index contributed by atoms with van der Waals surface area (Å²) in [5.41, 5.74) is 1.78. The van der Waals surface area contributed by atoms with E-state index in [1.165, 1.54) is 4.88 Å². The van der Waals surface area contributed by atoms with E-state index in [-0.39, 0.29) is 18.4 Å². The van der Waals surface area contributed by atoms with Crippen molar-refractivity contribution in [2.24, 2.45) is 0 Å². The molecule has 1 aromatic carbocycles. The smallest absolute Gasteiger partial charge is 0.244 e. The molecule has 3 rings (SSSR count). The van der Waals surface area contributed by atoms with Crippen molar-refractivity contribution in [2.75, 3.05) is 11.9 Å². The fourth-order valence-corrected chi connectivity index (χ4v) is 3.13. The van der Waals surface area contributed by atoms with Gasteiger partial charge in [-0.3, -0.25) is 9.59 Å². The first-order valence-electron chi connectivity index (χ1n) is 6.90. The predicted octanol–water partition coefficient (Wildman–Crippen LogP) is 2.66. The Morgan fingerprint density at radius 3 is 2.86 bits per heavy atom. The van der Waals surface area contributed by atoms with Gasteiger partial charge < -0.3 is 10.2 Å². The van der Waals surface area contributed by atoms with Crippen LogP contribution in [0.2, 0.25) is 0 Å². The van der Waals surface area contributed by atoms with E-state index in [9.17, 15) is 9.59 Å². The third-order valence-corrected chi connectivity index (χ3v) is 4.44. The quantitative estimate of drug-likeness (QED) is 0.947. The normalized spacial score (nSPS) is 14.3. The molecule has 0 spiro atoms. The zero-order valence-electron chi connectivity index (χ0n) is 11.5. The maximum atomic E-state index is 12.4. The first-order chi connectivity index (χ1) is 10.2. The molecule has 0 radical (unpaired) electrons. The maximum Gasteiger partial charge on any atom is 0.244 e. The lowest BCUT2D eigenvalue weighted by Crippen LogP contribution is -2.35. The Balaban J connectivity index is 1.70. The maximum absolute atomic E-state index is 12.4. The molecule has 1 aromatic heterocycles. The number of para-hydroxylation sites is 1. The molecule has 21 heavy (non-hydrogen) atoms. The first-order valence-corrected chi connectivity index (χ1v) is 7.78. The highest BCUT2D eigenvalue weighted by molar-refractivity contribution is 7.09. The highest BCUT2D eigenvalue weighted by Crippen LogP contribution is 2.21. The highest BCUT2D eigenvalue weighted by atomic mass is 32.1. The number of hydrogen-bond donors (Lipinski definition) is 1. The molecule has 4 nitrogen and oxygen atoms in total. The molecule has 108 valence electrons. The summed E-state index contributed by atoms with van der Waals surface area (Å²) < 4.78 is 0. The Morgan fingerprint density at radius 1 is 1.19 bits per heavy atom. The fourth-order valence-electron chi connectivity index (χ4n) is 2.42. The summed E-state index contributed by atoms with van der Waals surface area (Å²) >= 11 is 1.65. The van der Waals surface area contributed by atoms with Crippen molar-refractivity contribution >= 4 is 28.8 Å². The topological polar surface area (TPSA) is 49.4 Å². The van der Waals surface area contributed by atoms with Gasteiger partial charge in [-0.15, -0.1) is 11.3 Å². The monoisotopic (exact) mass is 300 g/mol. The molecule has 0 fully saturated rings. The van der Waals surface area contributed by atoms with E-state index in [0.717, 1.165) is 17.7 Å². The lowest BCUT2D eigenvalue weighted by molar-refractivity contribution is -0.135. The van der Waals surface area contributed by atoms with Gasteiger partial charge in [0.05, 0.1) is 0 Å². The van der Waals surface area contributed by atoms with Gasteiger partial charge in [0, 0.05) is 23.5 Å². The molecule has 2 amide bonds. The second-order valence-electron chi connectivity index (χ2n) is 5.03. The first kappa shape index (κ1) is 13.8. The van der Waals surface area contributed by atoms with Crippen molar-refractivity contribution in [3.63, 3.8) is 0 Å². The SMILES string of the molecule is O=C1CN(C(=O)CCc2cccs2)Cc2ccccc2N1. The number of nitrogens with zero attached hydrogens (tertiary/aromatic N) is 1. The number of carbonyl (C=O) groups is 2. The molecule has 0 aliphatic carbocycles. The number of hydrogen-bond acceptors (Lipinski definition) is 3. The Labute approximate surface area is 127 Å². The molecule has 0 bridgehead atoms. The lowest BCUT2D eigenvalue weighted by Gasteiger charge is -2.19. The minimum Gasteiger partial charge on any atom is -0.329 e. The third kappa shape index (κ3) is 3.31. The van der Waals surface area contributed by atoms with Gasteiger partial charge in [0.15, 0.2) is 0 Å². The Kier molecular flexibility index (Phi) is 4.01. The number of fused-ring (bicyclic) bond motifs is 1. The molecule has 2 heterocycles. The largest absolute Gasteiger partial charge is 0.329 e. The molecule has 0 saturated carbocycles. The molecule has 1 aliphatic heterocycles. The van der Waals surface area contributed by atoms with Crippen molar-refractivity contribution in [3.05, 3.63) is 52.2 Å². The number of amides is 2. The summed E-state index contributed by atoms with van der Waals surface area (Å²) in [5.74, 6) is -0.111. The molecule has 1 aliphatic rings. The van der Waals surface area contributed by atoms with Crippen molar-refractivity contribution in [1.82, 2.24) is 4.90 Å². The Bertz CT molecular complexity index is 652. The van der Waals surface area contributed by atoms with E-state index in [1.54, 1.807) is 16.2 Å². The summed E-state index contributed by atoms with van der Waals surface area (Å²) in [7, 11) is 0. The molecule has 2 aromatic rings. The standard InChI is InChI=1S/C16H16N2O2S/c19-15-11-18(10-12-4-1-2-6-14(12)17-15)16(20)8-7-13-5-3-9-21-13/h1-6,9H,7-8,10-11H2,(H,17,19). The minimum atomic E-state index is -0.135. The predicted molar refractivity (Wildman–Crippen MR) is 83.1 cm³/mol. The van der Waals surface area contributed by atoms with Crippen LogP contribution in [0, 0.1) is 0 Å². The zero-order valence-corrected chi connectivity index (χ0v) is 12.4. The van der Waals surface area contributed by atoms with Crippen LogP contribution in [0.1, 0.15) is 16.9 Å². The van der Waals surface area contributed by atoms with Crippen LogP contribution in [-0.2, 0) is 22.6 Å². The molecule has 0 saturated heterocycles. The number of carbonyl (C=O) groups excluding carboxylic acids is 2. The number of anilines is 1. The molecule has 5 heteroatoms. The van der Waals surface area contributed by atoms with Crippen LogP contribution in [0.25, 0.3) is 0 Å². The zero-order chi connectivity index (χ0) is 14.7. The second-order valence-corrected chi connectivity index (χ2v) is 6.07. The summed E-state index contributed by atoms with van der Waals surface area (Å²) in [4.78, 5) is 27.1. The van der Waals surface area contributed by atoms with Crippen LogP contribution in [-0.4, -0.2) is 23.3 Å². The van der Waals surface area contributed by atoms with Crippen molar-refractivity contribution in [2.45, 2.75) is 19.4 Å². The average Bonchev–Trinajstić information content (AvgIpc) is 2.93. The van der Waals surface area contributed by atoms with E-state index in [2.05, 4.69) is 5.32 Å². The lowest BCUT2D eigenvalue weighted by atomic mass is 10.1. The highest BCUT2D eigenvalue weighted by Gasteiger charge is 2.22. The van der Waals surface area contributed by atoms with Crippen molar-refractivity contribution < 1.29 is 9.59 Å². The fraction of sp³-hybridized carbons (Fsp3) is 0.250. The summed E-state index contributed by atoms with van der Waals surface area (Å²) in [6.07, 6.45) is 1.17. The van der Waals surface area contributed by atoms with Gasteiger partial charge in [-0.1, -0.05) is 24.3 Å². The Morgan fingerprint density at radius 2 is 2.05 bits per heavy atom.